The molecule has 0 aliphatic carbocycles. The second kappa shape index (κ2) is 14.4. The Balaban J connectivity index is 0.00000576. The summed E-state index contributed by atoms with van der Waals surface area (Å²) in [5, 5.41) is 6.63. The Bertz CT molecular complexity index is 474. The van der Waals surface area contributed by atoms with Gasteiger partial charge in [-0.3, -0.25) is 0 Å². The molecule has 1 aromatic rings. The summed E-state index contributed by atoms with van der Waals surface area (Å²) >= 11 is 0. The maximum absolute atomic E-state index is 5.59. The smallest absolute Gasteiger partial charge is 0.191 e. The van der Waals surface area contributed by atoms with E-state index in [9.17, 15) is 0 Å². The van der Waals surface area contributed by atoms with Crippen LogP contribution >= 0.6 is 24.0 Å². The van der Waals surface area contributed by atoms with Gasteiger partial charge < -0.3 is 19.9 Å². The number of guanidine groups is 1. The molecule has 0 saturated carbocycles. The molecular formula is C18H36IN5O. The molecule has 0 fully saturated rings. The van der Waals surface area contributed by atoms with Gasteiger partial charge in [0.1, 0.15) is 12.4 Å². The summed E-state index contributed by atoms with van der Waals surface area (Å²) in [6.07, 6.45) is 4.84. The molecule has 7 heteroatoms. The van der Waals surface area contributed by atoms with Gasteiger partial charge in [0.2, 0.25) is 0 Å². The van der Waals surface area contributed by atoms with Gasteiger partial charge in [-0.05, 0) is 25.2 Å². The summed E-state index contributed by atoms with van der Waals surface area (Å²) in [5.41, 5.74) is 0. The Labute approximate surface area is 170 Å². The number of aliphatic imine (C=N–C) groups is 1. The van der Waals surface area contributed by atoms with Crippen LogP contribution in [-0.2, 0) is 17.8 Å². The van der Waals surface area contributed by atoms with E-state index in [1.54, 1.807) is 0 Å². The number of halogens is 1. The molecule has 0 unspecified atom stereocenters. The predicted octanol–water partition coefficient (Wildman–Crippen LogP) is 3.27. The van der Waals surface area contributed by atoms with Crippen LogP contribution in [0.1, 0.15) is 46.9 Å². The second-order valence-electron chi connectivity index (χ2n) is 6.83. The molecule has 6 nitrogen and oxygen atoms in total. The fraction of sp³-hybridized carbons (Fsp3) is 0.778. The zero-order valence-corrected chi connectivity index (χ0v) is 18.7. The Morgan fingerprint density at radius 1 is 1.24 bits per heavy atom. The summed E-state index contributed by atoms with van der Waals surface area (Å²) in [7, 11) is 0. The molecule has 25 heavy (non-hydrogen) atoms. The van der Waals surface area contributed by atoms with Crippen molar-refractivity contribution in [1.82, 2.24) is 20.2 Å². The summed E-state index contributed by atoms with van der Waals surface area (Å²) < 4.78 is 7.77. The van der Waals surface area contributed by atoms with Gasteiger partial charge in [-0.2, -0.15) is 0 Å². The first-order valence-electron chi connectivity index (χ1n) is 9.12. The highest BCUT2D eigenvalue weighted by Crippen LogP contribution is 2.04. The van der Waals surface area contributed by atoms with Crippen molar-refractivity contribution >= 4 is 29.9 Å². The van der Waals surface area contributed by atoms with Gasteiger partial charge in [-0.15, -0.1) is 24.0 Å². The number of nitrogens with one attached hydrogen (secondary N) is 2. The van der Waals surface area contributed by atoms with Gasteiger partial charge in [-0.1, -0.05) is 27.7 Å². The van der Waals surface area contributed by atoms with Crippen LogP contribution in [-0.4, -0.2) is 41.8 Å². The normalized spacial score (nSPS) is 11.7. The number of hydrogen-bond donors (Lipinski definition) is 2. The standard InChI is InChI=1S/C18H35N5O.HI/c1-6-19-18(21-8-7-11-24-14-16(4)5)22-12-17-20-9-10-23(17)13-15(2)3;/h9-10,15-16H,6-8,11-14H2,1-5H3,(H2,19,21,22);1H. The molecular weight excluding hydrogens is 429 g/mol. The summed E-state index contributed by atoms with van der Waals surface area (Å²) in [6, 6.07) is 0. The molecule has 1 heterocycles. The maximum atomic E-state index is 5.59. The van der Waals surface area contributed by atoms with Crippen molar-refractivity contribution in [2.45, 2.75) is 54.1 Å². The Kier molecular flexibility index (Phi) is 13.9. The van der Waals surface area contributed by atoms with Crippen molar-refractivity contribution in [1.29, 1.82) is 0 Å². The largest absolute Gasteiger partial charge is 0.381 e. The van der Waals surface area contributed by atoms with Gasteiger partial charge in [0.25, 0.3) is 0 Å². The minimum atomic E-state index is 0. The van der Waals surface area contributed by atoms with E-state index in [0.29, 0.717) is 18.4 Å². The monoisotopic (exact) mass is 465 g/mol. The molecule has 1 aromatic heterocycles. The Morgan fingerprint density at radius 2 is 2.00 bits per heavy atom. The van der Waals surface area contributed by atoms with Crippen LogP contribution in [0, 0.1) is 11.8 Å². The van der Waals surface area contributed by atoms with Crippen LogP contribution in [0.15, 0.2) is 17.4 Å². The van der Waals surface area contributed by atoms with Gasteiger partial charge >= 0.3 is 0 Å². The van der Waals surface area contributed by atoms with Crippen molar-refractivity contribution in [2.24, 2.45) is 16.8 Å². The van der Waals surface area contributed by atoms with Crippen molar-refractivity contribution in [2.75, 3.05) is 26.3 Å². The van der Waals surface area contributed by atoms with E-state index < -0.39 is 0 Å². The summed E-state index contributed by atoms with van der Waals surface area (Å²) in [5.74, 6) is 3.02. The molecule has 0 aliphatic heterocycles. The van der Waals surface area contributed by atoms with Crippen molar-refractivity contribution in [3.05, 3.63) is 18.2 Å². The molecule has 0 bridgehead atoms. The van der Waals surface area contributed by atoms with Gasteiger partial charge in [0.15, 0.2) is 5.96 Å². The van der Waals surface area contributed by atoms with Gasteiger partial charge in [-0.25, -0.2) is 9.98 Å². The first-order valence-corrected chi connectivity index (χ1v) is 9.12. The lowest BCUT2D eigenvalue weighted by Crippen LogP contribution is -2.38. The molecule has 146 valence electrons. The van der Waals surface area contributed by atoms with E-state index in [1.807, 2.05) is 12.4 Å². The highest BCUT2D eigenvalue weighted by atomic mass is 127. The summed E-state index contributed by atoms with van der Waals surface area (Å²) in [4.78, 5) is 9.06. The van der Waals surface area contributed by atoms with E-state index in [-0.39, 0.29) is 24.0 Å². The lowest BCUT2D eigenvalue weighted by Gasteiger charge is -2.13. The third-order valence-corrected chi connectivity index (χ3v) is 3.30. The topological polar surface area (TPSA) is 63.5 Å². The van der Waals surface area contributed by atoms with E-state index >= 15 is 0 Å². The zero-order valence-electron chi connectivity index (χ0n) is 16.4. The van der Waals surface area contributed by atoms with Crippen LogP contribution in [0.25, 0.3) is 0 Å². The van der Waals surface area contributed by atoms with E-state index in [4.69, 9.17) is 4.74 Å². The predicted molar refractivity (Wildman–Crippen MR) is 116 cm³/mol. The summed E-state index contributed by atoms with van der Waals surface area (Å²) in [6.45, 7) is 15.7. The molecule has 0 amide bonds. The van der Waals surface area contributed by atoms with Crippen LogP contribution in [0.2, 0.25) is 0 Å². The van der Waals surface area contributed by atoms with Crippen molar-refractivity contribution in [3.8, 4) is 0 Å². The highest BCUT2D eigenvalue weighted by molar-refractivity contribution is 14.0. The number of nitrogens with zero attached hydrogens (tertiary/aromatic N) is 3. The fourth-order valence-corrected chi connectivity index (χ4v) is 2.24. The average molecular weight is 465 g/mol. The molecule has 0 radical (unpaired) electrons. The maximum Gasteiger partial charge on any atom is 0.191 e. The Hall–Kier alpha value is -0.830. The lowest BCUT2D eigenvalue weighted by atomic mass is 10.2. The molecule has 0 saturated heterocycles. The van der Waals surface area contributed by atoms with Crippen molar-refractivity contribution in [3.63, 3.8) is 0 Å². The number of hydrogen-bond acceptors (Lipinski definition) is 3. The zero-order chi connectivity index (χ0) is 17.8. The number of ether oxygens (including phenoxy) is 1. The second-order valence-corrected chi connectivity index (χ2v) is 6.83. The average Bonchev–Trinajstić information content (AvgIpc) is 2.94. The molecule has 0 aromatic carbocycles. The first kappa shape index (κ1) is 24.2. The number of imidazole rings is 1. The number of rotatable bonds is 11. The Morgan fingerprint density at radius 3 is 2.64 bits per heavy atom. The molecule has 0 atom stereocenters. The van der Waals surface area contributed by atoms with Crippen molar-refractivity contribution < 1.29 is 4.74 Å². The van der Waals surface area contributed by atoms with Crippen LogP contribution in [0.4, 0.5) is 0 Å². The van der Waals surface area contributed by atoms with E-state index in [0.717, 1.165) is 51.1 Å². The molecule has 0 aliphatic rings. The van der Waals surface area contributed by atoms with Crippen LogP contribution < -0.4 is 10.6 Å². The lowest BCUT2D eigenvalue weighted by molar-refractivity contribution is 0.108. The molecule has 0 spiro atoms. The van der Waals surface area contributed by atoms with Gasteiger partial charge in [0, 0.05) is 45.2 Å². The fourth-order valence-electron chi connectivity index (χ4n) is 2.24. The van der Waals surface area contributed by atoms with E-state index in [2.05, 4.69) is 59.8 Å². The highest BCUT2D eigenvalue weighted by Gasteiger charge is 2.05. The quantitative estimate of drug-likeness (QED) is 0.228. The first-order chi connectivity index (χ1) is 11.5. The van der Waals surface area contributed by atoms with Gasteiger partial charge in [0.05, 0.1) is 0 Å². The molecule has 2 N–H and O–H groups in total. The minimum Gasteiger partial charge on any atom is -0.381 e. The third kappa shape index (κ3) is 11.4. The SMILES string of the molecule is CCNC(=NCc1nccn1CC(C)C)NCCCOCC(C)C.I. The number of aromatic nitrogens is 2. The third-order valence-electron chi connectivity index (χ3n) is 3.30. The van der Waals surface area contributed by atoms with E-state index in [1.165, 1.54) is 0 Å². The molecule has 1 rings (SSSR count). The minimum absolute atomic E-state index is 0. The van der Waals surface area contributed by atoms with Crippen LogP contribution in [0.3, 0.4) is 0 Å². The van der Waals surface area contributed by atoms with Crippen LogP contribution in [0.5, 0.6) is 0 Å².